The van der Waals surface area contributed by atoms with E-state index in [1.807, 2.05) is 0 Å². The molecule has 230 valence electrons. The zero-order chi connectivity index (χ0) is 30.5. The van der Waals surface area contributed by atoms with Gasteiger partial charge in [-0.15, -0.1) is 13.2 Å². The Bertz CT molecular complexity index is 1300. The molecule has 3 aliphatic rings. The lowest BCUT2D eigenvalue weighted by Crippen LogP contribution is -2.42. The van der Waals surface area contributed by atoms with Crippen LogP contribution in [0.5, 0.6) is 0 Å². The molecular weight excluding hydrogens is 583 g/mol. The van der Waals surface area contributed by atoms with Crippen molar-refractivity contribution < 1.29 is 58.5 Å². The predicted molar refractivity (Wildman–Crippen MR) is 131 cm³/mol. The van der Waals surface area contributed by atoms with E-state index >= 15 is 0 Å². The van der Waals surface area contributed by atoms with Crippen molar-refractivity contribution in [2.75, 3.05) is 13.2 Å². The van der Waals surface area contributed by atoms with E-state index in [4.69, 9.17) is 14.2 Å². The third kappa shape index (κ3) is 6.06. The Kier molecular flexibility index (Phi) is 8.18. The van der Waals surface area contributed by atoms with E-state index in [2.05, 4.69) is 11.7 Å². The molecule has 4 nitrogen and oxygen atoms in total. The molecule has 2 aromatic carbocycles. The molecule has 1 saturated carbocycles. The third-order valence-electron chi connectivity index (χ3n) is 7.90. The lowest BCUT2D eigenvalue weighted by Gasteiger charge is -2.36. The Morgan fingerprint density at radius 1 is 0.857 bits per heavy atom. The van der Waals surface area contributed by atoms with Crippen LogP contribution in [0.4, 0.5) is 39.5 Å². The van der Waals surface area contributed by atoms with E-state index in [0.717, 1.165) is 50.7 Å². The molecule has 0 aromatic heterocycles. The Morgan fingerprint density at radius 2 is 1.43 bits per heavy atom. The highest BCUT2D eigenvalue weighted by Gasteiger charge is 2.61. The monoisotopic (exact) mass is 610 g/mol. The maximum atomic E-state index is 14.9. The molecular formula is C29H27F9O4. The second-order valence-electron chi connectivity index (χ2n) is 10.9. The first kappa shape index (κ1) is 30.8. The topological polar surface area (TPSA) is 36.9 Å². The summed E-state index contributed by atoms with van der Waals surface area (Å²) in [4.78, 5) is 0. The van der Waals surface area contributed by atoms with E-state index in [-0.39, 0.29) is 29.5 Å². The summed E-state index contributed by atoms with van der Waals surface area (Å²) in [6, 6.07) is 2.01. The molecule has 0 spiro atoms. The van der Waals surface area contributed by atoms with Crippen molar-refractivity contribution in [3.05, 3.63) is 64.7 Å². The largest absolute Gasteiger partial charge is 0.527 e. The first-order valence-corrected chi connectivity index (χ1v) is 13.5. The molecule has 0 amide bonds. The summed E-state index contributed by atoms with van der Waals surface area (Å²) in [6.07, 6.45) is -3.25. The van der Waals surface area contributed by atoms with E-state index in [1.54, 1.807) is 6.08 Å². The minimum atomic E-state index is -5.91. The maximum absolute atomic E-state index is 14.9. The van der Waals surface area contributed by atoms with Gasteiger partial charge in [-0.3, -0.25) is 0 Å². The fourth-order valence-corrected chi connectivity index (χ4v) is 6.01. The molecule has 3 fully saturated rings. The van der Waals surface area contributed by atoms with Gasteiger partial charge in [0.05, 0.1) is 18.8 Å². The smallest absolute Gasteiger partial charge is 0.324 e. The Morgan fingerprint density at radius 3 is 1.95 bits per heavy atom. The minimum absolute atomic E-state index is 0.0460. The summed E-state index contributed by atoms with van der Waals surface area (Å²) in [5, 5.41) is 0. The first-order chi connectivity index (χ1) is 19.7. The molecule has 2 bridgehead atoms. The predicted octanol–water partition coefficient (Wildman–Crippen LogP) is 8.59. The van der Waals surface area contributed by atoms with Crippen molar-refractivity contribution >= 4 is 6.08 Å². The van der Waals surface area contributed by atoms with Gasteiger partial charge in [-0.1, -0.05) is 25.5 Å². The van der Waals surface area contributed by atoms with Gasteiger partial charge >= 0.3 is 12.5 Å². The van der Waals surface area contributed by atoms with Crippen LogP contribution in [0.15, 0.2) is 30.3 Å². The maximum Gasteiger partial charge on any atom is 0.527 e. The average molecular weight is 611 g/mol. The zero-order valence-electron chi connectivity index (χ0n) is 22.3. The number of alkyl halides is 5. The van der Waals surface area contributed by atoms with Gasteiger partial charge in [-0.25, -0.2) is 22.3 Å². The number of benzene rings is 2. The Hall–Kier alpha value is -2.61. The molecule has 5 rings (SSSR count). The number of allylic oxidation sites excluding steroid dienone is 1. The molecule has 2 aliphatic heterocycles. The van der Waals surface area contributed by atoms with Crippen molar-refractivity contribution in [2.45, 2.75) is 69.5 Å². The number of hydrogen-bond donors (Lipinski definition) is 0. The van der Waals surface area contributed by atoms with Crippen LogP contribution in [0.2, 0.25) is 0 Å². The van der Waals surface area contributed by atoms with Crippen LogP contribution in [-0.2, 0) is 25.1 Å². The second kappa shape index (κ2) is 11.1. The number of fused-ring (bicyclic) bond motifs is 2. The quantitative estimate of drug-likeness (QED) is 0.281. The van der Waals surface area contributed by atoms with Crippen molar-refractivity contribution in [1.82, 2.24) is 0 Å². The number of rotatable bonds is 8. The first-order valence-electron chi connectivity index (χ1n) is 13.5. The summed E-state index contributed by atoms with van der Waals surface area (Å²) in [5.74, 6) is -7.76. The molecule has 0 atom stereocenters. The summed E-state index contributed by atoms with van der Waals surface area (Å²) in [7, 11) is 0. The second-order valence-corrected chi connectivity index (χ2v) is 10.9. The number of halogens is 9. The van der Waals surface area contributed by atoms with Crippen molar-refractivity contribution in [1.29, 1.82) is 0 Å². The highest BCUT2D eigenvalue weighted by Crippen LogP contribution is 2.51. The van der Waals surface area contributed by atoms with Gasteiger partial charge in [-0.2, -0.15) is 8.78 Å². The van der Waals surface area contributed by atoms with Crippen LogP contribution >= 0.6 is 0 Å². The van der Waals surface area contributed by atoms with Gasteiger partial charge in [0.25, 0.3) is 5.97 Å². The van der Waals surface area contributed by atoms with Gasteiger partial charge in [0.1, 0.15) is 34.4 Å². The number of ether oxygens (including phenoxy) is 4. The van der Waals surface area contributed by atoms with Crippen LogP contribution in [0.1, 0.15) is 56.6 Å². The third-order valence-corrected chi connectivity index (χ3v) is 7.90. The minimum Gasteiger partial charge on any atom is -0.324 e. The molecule has 0 radical (unpaired) electrons. The summed E-state index contributed by atoms with van der Waals surface area (Å²) in [6.45, 7) is 3.06. The molecule has 1 aliphatic carbocycles. The molecule has 2 heterocycles. The Balaban J connectivity index is 1.26. The van der Waals surface area contributed by atoms with E-state index < -0.39 is 64.0 Å². The van der Waals surface area contributed by atoms with Gasteiger partial charge in [0.2, 0.25) is 0 Å². The lowest BCUT2D eigenvalue weighted by atomic mass is 9.80. The van der Waals surface area contributed by atoms with Gasteiger partial charge in [0.15, 0.2) is 0 Å². The number of hydrogen-bond acceptors (Lipinski definition) is 4. The molecule has 2 aromatic rings. The van der Waals surface area contributed by atoms with Crippen LogP contribution in [-0.4, -0.2) is 31.2 Å². The van der Waals surface area contributed by atoms with Crippen LogP contribution < -0.4 is 0 Å². The lowest BCUT2D eigenvalue weighted by molar-refractivity contribution is -0.432. The average Bonchev–Trinajstić information content (AvgIpc) is 3.43. The van der Waals surface area contributed by atoms with Crippen molar-refractivity contribution in [3.63, 3.8) is 0 Å². The standard InChI is InChI=1S/C29H27F9O4/c1-2-9-26-14-39-28(41-26,40-15-26)19-7-5-16(6-8-19)3-4-17-10-20(30)24(21(31)11-17)18-12-22(32)25(23(33)13-18)27(34,35)42-29(36,37)38/h3-4,10-13,16,19H,2,5-9,14-15H2,1H3. The fraction of sp³-hybridized carbons (Fsp3) is 0.517. The SMILES string of the molecule is CCCC12COC(C3CCC(C=Cc4cc(F)c(-c5cc(F)c(C(F)(F)OC(F)(F)F)c(F)c5)c(F)c4)CC3)(OC1)O2. The van der Waals surface area contributed by atoms with Crippen molar-refractivity contribution in [3.8, 4) is 11.1 Å². The summed E-state index contributed by atoms with van der Waals surface area (Å²) >= 11 is 0. The molecule has 13 heteroatoms. The fourth-order valence-electron chi connectivity index (χ4n) is 6.01. The van der Waals surface area contributed by atoms with E-state index in [9.17, 15) is 39.5 Å². The highest BCUT2D eigenvalue weighted by molar-refractivity contribution is 5.68. The van der Waals surface area contributed by atoms with Gasteiger partial charge in [0, 0.05) is 5.92 Å². The van der Waals surface area contributed by atoms with E-state index in [0.29, 0.717) is 13.2 Å². The highest BCUT2D eigenvalue weighted by atomic mass is 19.4. The zero-order valence-corrected chi connectivity index (χ0v) is 22.3. The normalized spacial score (nSPS) is 28.2. The van der Waals surface area contributed by atoms with Gasteiger partial charge < -0.3 is 14.2 Å². The van der Waals surface area contributed by atoms with E-state index in [1.165, 1.54) is 6.08 Å². The van der Waals surface area contributed by atoms with Crippen LogP contribution in [0.3, 0.4) is 0 Å². The molecule has 42 heavy (non-hydrogen) atoms. The van der Waals surface area contributed by atoms with Crippen LogP contribution in [0, 0.1) is 35.1 Å². The summed E-state index contributed by atoms with van der Waals surface area (Å²) in [5.41, 5.74) is -4.40. The molecule has 2 saturated heterocycles. The molecule has 0 unspecified atom stereocenters. The van der Waals surface area contributed by atoms with Gasteiger partial charge in [-0.05, 0) is 73.4 Å². The molecule has 0 N–H and O–H groups in total. The van der Waals surface area contributed by atoms with Crippen molar-refractivity contribution in [2.24, 2.45) is 11.8 Å². The Labute approximate surface area is 235 Å². The summed E-state index contributed by atoms with van der Waals surface area (Å²) < 4.78 is 143. The van der Waals surface area contributed by atoms with Crippen LogP contribution in [0.25, 0.3) is 17.2 Å².